The van der Waals surface area contributed by atoms with Crippen molar-refractivity contribution in [1.82, 2.24) is 0 Å². The Kier molecular flexibility index (Phi) is 5.63. The summed E-state index contributed by atoms with van der Waals surface area (Å²) < 4.78 is 5.89. The van der Waals surface area contributed by atoms with Gasteiger partial charge in [0.05, 0.1) is 5.92 Å². The fraction of sp³-hybridized carbons (Fsp3) is 0.611. The van der Waals surface area contributed by atoms with Crippen molar-refractivity contribution in [3.63, 3.8) is 0 Å². The van der Waals surface area contributed by atoms with Crippen LogP contribution in [0.4, 0.5) is 0 Å². The summed E-state index contributed by atoms with van der Waals surface area (Å²) in [6, 6.07) is 10.2. The van der Waals surface area contributed by atoms with Crippen LogP contribution in [0, 0.1) is 11.8 Å². The minimum Gasteiger partial charge on any atom is -0.457 e. The second kappa shape index (κ2) is 7.47. The number of carbonyl (C=O) groups is 1. The van der Waals surface area contributed by atoms with Gasteiger partial charge in [-0.2, -0.15) is 0 Å². The summed E-state index contributed by atoms with van der Waals surface area (Å²) in [5, 5.41) is 0. The molecular formula is C18H26O2. The third-order valence-electron chi connectivity index (χ3n) is 4.46. The molecule has 2 atom stereocenters. The Hall–Kier alpha value is -1.31. The maximum absolute atomic E-state index is 12.2. The molecule has 0 aliphatic heterocycles. The summed E-state index contributed by atoms with van der Waals surface area (Å²) in [6.07, 6.45) is 6.96. The first kappa shape index (κ1) is 15.1. The van der Waals surface area contributed by atoms with E-state index >= 15 is 0 Å². The van der Waals surface area contributed by atoms with Crippen molar-refractivity contribution in [3.8, 4) is 0 Å². The van der Waals surface area contributed by atoms with E-state index in [1.165, 1.54) is 32.1 Å². The van der Waals surface area contributed by atoms with Gasteiger partial charge in [-0.15, -0.1) is 0 Å². The highest BCUT2D eigenvalue weighted by Gasteiger charge is 2.29. The third kappa shape index (κ3) is 3.84. The Morgan fingerprint density at radius 2 is 1.85 bits per heavy atom. The molecule has 0 bridgehead atoms. The normalized spacial score (nSPS) is 19.3. The topological polar surface area (TPSA) is 26.3 Å². The summed E-state index contributed by atoms with van der Waals surface area (Å²) in [5.41, 5.74) is 1.15. The van der Waals surface area contributed by atoms with E-state index in [-0.39, 0.29) is 18.0 Å². The van der Waals surface area contributed by atoms with Crippen molar-refractivity contribution in [3.05, 3.63) is 35.9 Å². The molecule has 0 radical (unpaired) electrons. The Labute approximate surface area is 122 Å². The third-order valence-corrected chi connectivity index (χ3v) is 4.46. The van der Waals surface area contributed by atoms with E-state index in [2.05, 4.69) is 12.1 Å². The fourth-order valence-corrected chi connectivity index (χ4v) is 2.92. The highest BCUT2D eigenvalue weighted by atomic mass is 16.5. The molecule has 0 aromatic heterocycles. The summed E-state index contributed by atoms with van der Waals surface area (Å²) >= 11 is 0. The standard InChI is InChI=1S/C18H26O2/c1-3-14(2)18(19)20-17(15-10-6-4-7-11-15)16-12-8-5-9-13-16/h4,6-7,10-11,14,16-17H,3,5,8-9,12-13H2,1-2H3. The lowest BCUT2D eigenvalue weighted by atomic mass is 9.82. The summed E-state index contributed by atoms with van der Waals surface area (Å²) in [7, 11) is 0. The van der Waals surface area contributed by atoms with E-state index in [0.717, 1.165) is 12.0 Å². The van der Waals surface area contributed by atoms with Crippen LogP contribution in [0.5, 0.6) is 0 Å². The van der Waals surface area contributed by atoms with Crippen molar-refractivity contribution in [2.24, 2.45) is 11.8 Å². The maximum Gasteiger partial charge on any atom is 0.309 e. The smallest absolute Gasteiger partial charge is 0.309 e. The minimum absolute atomic E-state index is 0.00944. The van der Waals surface area contributed by atoms with Crippen molar-refractivity contribution < 1.29 is 9.53 Å². The van der Waals surface area contributed by atoms with Crippen LogP contribution in [0.3, 0.4) is 0 Å². The molecule has 1 aliphatic carbocycles. The number of ether oxygens (including phenoxy) is 1. The van der Waals surface area contributed by atoms with Gasteiger partial charge < -0.3 is 4.74 Å². The zero-order valence-electron chi connectivity index (χ0n) is 12.7. The first-order valence-electron chi connectivity index (χ1n) is 7.97. The van der Waals surface area contributed by atoms with Crippen LogP contribution in [0.2, 0.25) is 0 Å². The van der Waals surface area contributed by atoms with Gasteiger partial charge in [0.15, 0.2) is 0 Å². The molecule has 1 fully saturated rings. The number of benzene rings is 1. The van der Waals surface area contributed by atoms with Gasteiger partial charge in [-0.05, 0) is 24.8 Å². The van der Waals surface area contributed by atoms with Gasteiger partial charge in [0.2, 0.25) is 0 Å². The van der Waals surface area contributed by atoms with Gasteiger partial charge in [0, 0.05) is 5.92 Å². The zero-order chi connectivity index (χ0) is 14.4. The number of hydrogen-bond acceptors (Lipinski definition) is 2. The molecule has 0 saturated heterocycles. The lowest BCUT2D eigenvalue weighted by Gasteiger charge is -2.31. The molecule has 0 heterocycles. The molecule has 20 heavy (non-hydrogen) atoms. The predicted molar refractivity (Wildman–Crippen MR) is 81.3 cm³/mol. The lowest BCUT2D eigenvalue weighted by molar-refractivity contribution is -0.157. The molecule has 2 nitrogen and oxygen atoms in total. The largest absolute Gasteiger partial charge is 0.457 e. The molecular weight excluding hydrogens is 248 g/mol. The summed E-state index contributed by atoms with van der Waals surface area (Å²) in [4.78, 5) is 12.2. The van der Waals surface area contributed by atoms with Gasteiger partial charge in [-0.3, -0.25) is 4.79 Å². The maximum atomic E-state index is 12.2. The first-order valence-corrected chi connectivity index (χ1v) is 7.97. The molecule has 2 unspecified atom stereocenters. The molecule has 1 aliphatic rings. The van der Waals surface area contributed by atoms with E-state index in [4.69, 9.17) is 4.74 Å². The predicted octanol–water partition coefficient (Wildman–Crippen LogP) is 4.90. The molecule has 0 amide bonds. The fourth-order valence-electron chi connectivity index (χ4n) is 2.92. The molecule has 2 rings (SSSR count). The Bertz CT molecular complexity index is 407. The number of hydrogen-bond donors (Lipinski definition) is 0. The molecule has 1 aromatic rings. The number of rotatable bonds is 5. The Morgan fingerprint density at radius 1 is 1.20 bits per heavy atom. The molecule has 110 valence electrons. The van der Waals surface area contributed by atoms with E-state index < -0.39 is 0 Å². The van der Waals surface area contributed by atoms with Crippen LogP contribution in [0.15, 0.2) is 30.3 Å². The Morgan fingerprint density at radius 3 is 2.45 bits per heavy atom. The second-order valence-corrected chi connectivity index (χ2v) is 5.98. The molecule has 0 spiro atoms. The van der Waals surface area contributed by atoms with Crippen LogP contribution in [0.25, 0.3) is 0 Å². The van der Waals surface area contributed by atoms with Gasteiger partial charge in [0.1, 0.15) is 6.10 Å². The second-order valence-electron chi connectivity index (χ2n) is 5.98. The highest BCUT2D eigenvalue weighted by Crippen LogP contribution is 2.37. The molecule has 1 aromatic carbocycles. The first-order chi connectivity index (χ1) is 9.72. The van der Waals surface area contributed by atoms with Crippen molar-refractivity contribution in [2.75, 3.05) is 0 Å². The van der Waals surface area contributed by atoms with E-state index in [9.17, 15) is 4.79 Å². The lowest BCUT2D eigenvalue weighted by Crippen LogP contribution is -2.24. The van der Waals surface area contributed by atoms with Gasteiger partial charge in [0.25, 0.3) is 0 Å². The van der Waals surface area contributed by atoms with Crippen molar-refractivity contribution >= 4 is 5.97 Å². The Balaban J connectivity index is 2.13. The van der Waals surface area contributed by atoms with Gasteiger partial charge in [-0.25, -0.2) is 0 Å². The van der Waals surface area contributed by atoms with Crippen LogP contribution in [0.1, 0.15) is 64.0 Å². The molecule has 0 N–H and O–H groups in total. The van der Waals surface area contributed by atoms with Crippen LogP contribution >= 0.6 is 0 Å². The van der Waals surface area contributed by atoms with E-state index in [1.54, 1.807) is 0 Å². The van der Waals surface area contributed by atoms with Crippen LogP contribution in [-0.4, -0.2) is 5.97 Å². The summed E-state index contributed by atoms with van der Waals surface area (Å²) in [6.45, 7) is 3.98. The van der Waals surface area contributed by atoms with Crippen molar-refractivity contribution in [2.45, 2.75) is 58.5 Å². The average molecular weight is 274 g/mol. The minimum atomic E-state index is -0.0574. The van der Waals surface area contributed by atoms with E-state index in [0.29, 0.717) is 5.92 Å². The molecule has 1 saturated carbocycles. The number of carbonyl (C=O) groups excluding carboxylic acids is 1. The van der Waals surface area contributed by atoms with Crippen molar-refractivity contribution in [1.29, 1.82) is 0 Å². The zero-order valence-corrected chi connectivity index (χ0v) is 12.7. The highest BCUT2D eigenvalue weighted by molar-refractivity contribution is 5.72. The van der Waals surface area contributed by atoms with Crippen LogP contribution in [-0.2, 0) is 9.53 Å². The average Bonchev–Trinajstić information content (AvgIpc) is 2.53. The van der Waals surface area contributed by atoms with Crippen LogP contribution < -0.4 is 0 Å². The SMILES string of the molecule is CCC(C)C(=O)OC(c1ccccc1)C1CCCCC1. The molecule has 2 heteroatoms. The van der Waals surface area contributed by atoms with E-state index in [1.807, 2.05) is 32.0 Å². The van der Waals surface area contributed by atoms with Gasteiger partial charge in [-0.1, -0.05) is 63.4 Å². The summed E-state index contributed by atoms with van der Waals surface area (Å²) in [5.74, 6) is 0.427. The monoisotopic (exact) mass is 274 g/mol. The number of esters is 1. The van der Waals surface area contributed by atoms with Gasteiger partial charge >= 0.3 is 5.97 Å². The quantitative estimate of drug-likeness (QED) is 0.714.